The smallest absolute Gasteiger partial charge is 0.311 e. The third-order valence-electron chi connectivity index (χ3n) is 8.71. The van der Waals surface area contributed by atoms with Crippen molar-refractivity contribution < 1.29 is 28.5 Å². The van der Waals surface area contributed by atoms with Crippen LogP contribution >= 0.6 is 0 Å². The Bertz CT molecular complexity index is 703. The van der Waals surface area contributed by atoms with Crippen molar-refractivity contribution in [1.82, 2.24) is 0 Å². The number of fused-ring (bicyclic) bond motifs is 2. The van der Waals surface area contributed by atoms with Crippen molar-refractivity contribution in [2.24, 2.45) is 22.7 Å². The number of cyclic esters (lactones) is 1. The highest BCUT2D eigenvalue weighted by Gasteiger charge is 2.72. The molecule has 0 bridgehead atoms. The summed E-state index contributed by atoms with van der Waals surface area (Å²) < 4.78 is 23.9. The van der Waals surface area contributed by atoms with E-state index in [0.717, 1.165) is 38.5 Å². The average Bonchev–Trinajstić information content (AvgIpc) is 3.13. The Morgan fingerprint density at radius 2 is 1.86 bits per heavy atom. The van der Waals surface area contributed by atoms with Gasteiger partial charge in [-0.2, -0.15) is 0 Å². The summed E-state index contributed by atoms with van der Waals surface area (Å²) >= 11 is 0. The predicted molar refractivity (Wildman–Crippen MR) is 106 cm³/mol. The van der Waals surface area contributed by atoms with Gasteiger partial charge < -0.3 is 18.9 Å². The van der Waals surface area contributed by atoms with Crippen LogP contribution in [-0.2, 0) is 28.5 Å². The van der Waals surface area contributed by atoms with E-state index in [2.05, 4.69) is 27.7 Å². The minimum Gasteiger partial charge on any atom is -0.462 e. The Hall–Kier alpha value is -1.14. The molecule has 0 amide bonds. The number of hydrogen-bond acceptors (Lipinski definition) is 6. The zero-order valence-electron chi connectivity index (χ0n) is 18.7. The molecule has 7 atom stereocenters. The number of ether oxygens (including phenoxy) is 4. The van der Waals surface area contributed by atoms with Crippen LogP contribution in [0.4, 0.5) is 0 Å². The van der Waals surface area contributed by atoms with Crippen molar-refractivity contribution in [3.63, 3.8) is 0 Å². The Morgan fingerprint density at radius 1 is 1.14 bits per heavy atom. The maximum Gasteiger partial charge on any atom is 0.311 e. The monoisotopic (exact) mass is 408 g/mol. The number of carbonyl (C=O) groups excluding carboxylic acids is 2. The molecule has 2 saturated carbocycles. The van der Waals surface area contributed by atoms with Crippen LogP contribution < -0.4 is 0 Å². The first-order valence-electron chi connectivity index (χ1n) is 11.1. The molecular weight excluding hydrogens is 372 g/mol. The van der Waals surface area contributed by atoms with Gasteiger partial charge in [-0.3, -0.25) is 9.59 Å². The van der Waals surface area contributed by atoms with E-state index in [-0.39, 0.29) is 52.7 Å². The van der Waals surface area contributed by atoms with Gasteiger partial charge in [-0.05, 0) is 43.4 Å². The highest BCUT2D eigenvalue weighted by Crippen LogP contribution is 2.69. The first-order valence-corrected chi connectivity index (χ1v) is 11.1. The molecule has 29 heavy (non-hydrogen) atoms. The van der Waals surface area contributed by atoms with Gasteiger partial charge in [-0.15, -0.1) is 0 Å². The molecule has 0 radical (unpaired) electrons. The quantitative estimate of drug-likeness (QED) is 0.643. The lowest BCUT2D eigenvalue weighted by atomic mass is 9.43. The lowest BCUT2D eigenvalue weighted by molar-refractivity contribution is -0.293. The van der Waals surface area contributed by atoms with E-state index < -0.39 is 11.9 Å². The summed E-state index contributed by atoms with van der Waals surface area (Å²) in [4.78, 5) is 24.0. The zero-order chi connectivity index (χ0) is 21.2. The van der Waals surface area contributed by atoms with Crippen LogP contribution in [-0.4, -0.2) is 42.6 Å². The maximum atomic E-state index is 12.1. The minimum absolute atomic E-state index is 0.0437. The Balaban J connectivity index is 1.76. The second kappa shape index (κ2) is 6.68. The molecule has 0 aromatic heterocycles. The molecule has 2 heterocycles. The molecule has 6 heteroatoms. The van der Waals surface area contributed by atoms with Gasteiger partial charge >= 0.3 is 11.9 Å². The van der Waals surface area contributed by atoms with Crippen LogP contribution in [0.15, 0.2) is 0 Å². The van der Waals surface area contributed by atoms with Crippen molar-refractivity contribution in [3.8, 4) is 0 Å². The Labute approximate surface area is 174 Å². The molecule has 4 aliphatic rings. The summed E-state index contributed by atoms with van der Waals surface area (Å²) in [6, 6.07) is 0. The molecule has 6 nitrogen and oxygen atoms in total. The van der Waals surface area contributed by atoms with E-state index in [1.807, 2.05) is 0 Å². The van der Waals surface area contributed by atoms with Gasteiger partial charge in [0.1, 0.15) is 11.7 Å². The molecular formula is C23H36O6. The molecule has 0 unspecified atom stereocenters. The van der Waals surface area contributed by atoms with Crippen LogP contribution in [0.2, 0.25) is 0 Å². The first kappa shape index (κ1) is 21.1. The van der Waals surface area contributed by atoms with E-state index in [4.69, 9.17) is 18.9 Å². The summed E-state index contributed by atoms with van der Waals surface area (Å²) in [7, 11) is 1.58. The van der Waals surface area contributed by atoms with Crippen molar-refractivity contribution in [3.05, 3.63) is 0 Å². The van der Waals surface area contributed by atoms with Crippen LogP contribution in [0, 0.1) is 22.7 Å². The van der Waals surface area contributed by atoms with Gasteiger partial charge in [0.25, 0.3) is 0 Å². The fraction of sp³-hybridized carbons (Fsp3) is 0.913. The van der Waals surface area contributed by atoms with Crippen LogP contribution in [0.3, 0.4) is 0 Å². The largest absolute Gasteiger partial charge is 0.462 e. The zero-order valence-corrected chi connectivity index (χ0v) is 18.7. The fourth-order valence-electron chi connectivity index (χ4n) is 7.80. The molecule has 4 rings (SSSR count). The van der Waals surface area contributed by atoms with E-state index in [1.54, 1.807) is 7.11 Å². The van der Waals surface area contributed by atoms with Gasteiger partial charge in [0, 0.05) is 25.4 Å². The SMILES string of the molecule is CO[C@H]1OC(=O)C[C@@]12CC[C@@]1(O2)[C@H](C)C[C@@H](OC(C)=O)[C@H]2C(C)(C)CCC[C@@]21C. The van der Waals surface area contributed by atoms with Crippen molar-refractivity contribution in [2.45, 2.75) is 103 Å². The molecule has 2 saturated heterocycles. The van der Waals surface area contributed by atoms with Crippen molar-refractivity contribution >= 4 is 11.9 Å². The van der Waals surface area contributed by atoms with E-state index in [0.29, 0.717) is 0 Å². The first-order chi connectivity index (χ1) is 13.5. The maximum absolute atomic E-state index is 12.1. The Kier molecular flexibility index (Phi) is 4.86. The van der Waals surface area contributed by atoms with E-state index >= 15 is 0 Å². The number of rotatable bonds is 2. The fourth-order valence-corrected chi connectivity index (χ4v) is 7.80. The number of methoxy groups -OCH3 is 1. The van der Waals surface area contributed by atoms with Crippen LogP contribution in [0.5, 0.6) is 0 Å². The predicted octanol–water partition coefficient (Wildman–Crippen LogP) is 4.00. The molecule has 0 aromatic rings. The van der Waals surface area contributed by atoms with E-state index in [9.17, 15) is 9.59 Å². The molecule has 0 aromatic carbocycles. The summed E-state index contributed by atoms with van der Waals surface area (Å²) in [5.41, 5.74) is -1.19. The standard InChI is InChI=1S/C23H36O6/c1-14-12-16(27-15(2)24)18-20(3,4)8-7-9-21(18,5)23(14)11-10-22(29-23)13-17(25)28-19(22)26-6/h14,16,18-19H,7-13H2,1-6H3/t14-,16-,18+,19+,21+,22+,23-/m1/s1. The Morgan fingerprint density at radius 3 is 2.52 bits per heavy atom. The summed E-state index contributed by atoms with van der Waals surface area (Å²) in [5, 5.41) is 0. The topological polar surface area (TPSA) is 71.1 Å². The molecule has 2 aliphatic heterocycles. The summed E-state index contributed by atoms with van der Waals surface area (Å²) in [6.45, 7) is 10.7. The summed E-state index contributed by atoms with van der Waals surface area (Å²) in [6.07, 6.45) is 5.18. The number of carbonyl (C=O) groups is 2. The van der Waals surface area contributed by atoms with Gasteiger partial charge in [-0.1, -0.05) is 34.1 Å². The second-order valence-electron chi connectivity index (χ2n) is 10.8. The van der Waals surface area contributed by atoms with Crippen LogP contribution in [0.25, 0.3) is 0 Å². The van der Waals surface area contributed by atoms with Crippen molar-refractivity contribution in [1.29, 1.82) is 0 Å². The minimum atomic E-state index is -0.705. The second-order valence-corrected chi connectivity index (χ2v) is 10.8. The molecule has 164 valence electrons. The lowest BCUT2D eigenvalue weighted by Gasteiger charge is -2.65. The molecule has 2 aliphatic carbocycles. The van der Waals surface area contributed by atoms with Crippen LogP contribution in [0.1, 0.15) is 79.6 Å². The van der Waals surface area contributed by atoms with Crippen molar-refractivity contribution in [2.75, 3.05) is 7.11 Å². The van der Waals surface area contributed by atoms with Gasteiger partial charge in [-0.25, -0.2) is 0 Å². The molecule has 2 spiro atoms. The average molecular weight is 409 g/mol. The number of esters is 2. The number of hydrogen-bond donors (Lipinski definition) is 0. The molecule has 0 N–H and O–H groups in total. The molecule has 4 fully saturated rings. The normalized spacial score (nSPS) is 48.6. The lowest BCUT2D eigenvalue weighted by Crippen LogP contribution is -2.67. The van der Waals surface area contributed by atoms with Gasteiger partial charge in [0.15, 0.2) is 0 Å². The van der Waals surface area contributed by atoms with Gasteiger partial charge in [0.05, 0.1) is 12.0 Å². The summed E-state index contributed by atoms with van der Waals surface area (Å²) in [5.74, 6) is -0.0478. The highest BCUT2D eigenvalue weighted by molar-refractivity contribution is 5.73. The van der Waals surface area contributed by atoms with Gasteiger partial charge in [0.2, 0.25) is 6.29 Å². The third-order valence-corrected chi connectivity index (χ3v) is 8.71. The highest BCUT2D eigenvalue weighted by atomic mass is 16.7. The third kappa shape index (κ3) is 2.88. The van der Waals surface area contributed by atoms with E-state index in [1.165, 1.54) is 6.92 Å².